The topological polar surface area (TPSA) is 118 Å². The molecule has 0 radical (unpaired) electrons. The molecule has 11 heteroatoms. The first-order valence-corrected chi connectivity index (χ1v) is 12.5. The van der Waals surface area contributed by atoms with E-state index in [0.29, 0.717) is 32.5 Å². The average Bonchev–Trinajstić information content (AvgIpc) is 3.59. The lowest BCUT2D eigenvalue weighted by Gasteiger charge is -2.24. The minimum atomic E-state index is -0.815. The summed E-state index contributed by atoms with van der Waals surface area (Å²) in [5, 5.41) is 13.9. The SMILES string of the molecule is CC(C)C[C@H]1NC(=O)c2cc(F)ccc2OCCn2cc(nn2)CCN(C(=O)C2CC2)CCNC1=O. The van der Waals surface area contributed by atoms with Crippen molar-refractivity contribution in [1.82, 2.24) is 30.5 Å². The Kier molecular flexibility index (Phi) is 8.17. The zero-order valence-corrected chi connectivity index (χ0v) is 20.7. The number of hydrogen-bond donors (Lipinski definition) is 2. The molecule has 1 atom stereocenters. The second-order valence-electron chi connectivity index (χ2n) is 9.76. The molecule has 4 rings (SSSR count). The largest absolute Gasteiger partial charge is 0.491 e. The van der Waals surface area contributed by atoms with Gasteiger partial charge in [0.05, 0.1) is 17.8 Å². The molecule has 2 bridgehead atoms. The van der Waals surface area contributed by atoms with Crippen LogP contribution < -0.4 is 15.4 Å². The van der Waals surface area contributed by atoms with Crippen LogP contribution in [0, 0.1) is 17.7 Å². The van der Waals surface area contributed by atoms with E-state index in [0.717, 1.165) is 24.6 Å². The van der Waals surface area contributed by atoms with Crippen LogP contribution in [0.1, 0.15) is 49.2 Å². The van der Waals surface area contributed by atoms with Crippen LogP contribution >= 0.6 is 0 Å². The van der Waals surface area contributed by atoms with Crippen LogP contribution in [0.15, 0.2) is 24.4 Å². The van der Waals surface area contributed by atoms with Crippen LogP contribution in [-0.4, -0.2) is 69.9 Å². The summed E-state index contributed by atoms with van der Waals surface area (Å²) in [6, 6.07) is 2.91. The molecule has 2 aromatic rings. The standard InChI is InChI=1S/C25H33FN6O4/c1-16(2)13-21-24(34)27-8-10-31(25(35)17-3-4-17)9-7-19-15-32(30-29-19)11-12-36-22-6-5-18(26)14-20(22)23(33)28-21/h5-6,14-17,21H,3-4,7-13H2,1-2H3,(H,27,34)(H,28,33)/t21-/m1/s1. The maximum Gasteiger partial charge on any atom is 0.255 e. The summed E-state index contributed by atoms with van der Waals surface area (Å²) in [7, 11) is 0. The van der Waals surface area contributed by atoms with Gasteiger partial charge in [-0.3, -0.25) is 14.4 Å². The number of carbonyl (C=O) groups excluding carboxylic acids is 3. The van der Waals surface area contributed by atoms with E-state index in [4.69, 9.17) is 4.74 Å². The van der Waals surface area contributed by atoms with Crippen LogP contribution in [0.2, 0.25) is 0 Å². The van der Waals surface area contributed by atoms with E-state index in [-0.39, 0.29) is 48.1 Å². The van der Waals surface area contributed by atoms with Gasteiger partial charge in [0.2, 0.25) is 11.8 Å². The van der Waals surface area contributed by atoms with Crippen LogP contribution in [0.25, 0.3) is 0 Å². The van der Waals surface area contributed by atoms with E-state index in [2.05, 4.69) is 20.9 Å². The molecule has 36 heavy (non-hydrogen) atoms. The number of benzene rings is 1. The molecule has 3 amide bonds. The Morgan fingerprint density at radius 2 is 2.03 bits per heavy atom. The molecule has 1 fully saturated rings. The number of ether oxygens (including phenoxy) is 1. The highest BCUT2D eigenvalue weighted by Gasteiger charge is 2.33. The number of rotatable bonds is 3. The molecule has 2 aliphatic rings. The van der Waals surface area contributed by atoms with Crippen LogP contribution in [-0.2, 0) is 22.6 Å². The second kappa shape index (κ2) is 11.5. The van der Waals surface area contributed by atoms with Crippen molar-refractivity contribution < 1.29 is 23.5 Å². The number of carbonyl (C=O) groups is 3. The van der Waals surface area contributed by atoms with Gasteiger partial charge >= 0.3 is 0 Å². The summed E-state index contributed by atoms with van der Waals surface area (Å²) in [4.78, 5) is 40.7. The number of fused-ring (bicyclic) bond motifs is 3. The Hall–Kier alpha value is -3.50. The molecule has 2 heterocycles. The van der Waals surface area contributed by atoms with Gasteiger partial charge in [0.1, 0.15) is 24.2 Å². The van der Waals surface area contributed by atoms with Gasteiger partial charge in [-0.1, -0.05) is 19.1 Å². The summed E-state index contributed by atoms with van der Waals surface area (Å²) in [5.41, 5.74) is 0.755. The second-order valence-corrected chi connectivity index (χ2v) is 9.76. The maximum absolute atomic E-state index is 14.0. The number of amides is 3. The number of nitrogens with zero attached hydrogens (tertiary/aromatic N) is 4. The Labute approximate surface area is 209 Å². The fourth-order valence-electron chi connectivity index (χ4n) is 4.16. The molecule has 0 saturated heterocycles. The average molecular weight is 501 g/mol. The van der Waals surface area contributed by atoms with Crippen molar-refractivity contribution >= 4 is 17.7 Å². The lowest BCUT2D eigenvalue weighted by atomic mass is 10.0. The third-order valence-corrected chi connectivity index (χ3v) is 6.24. The quantitative estimate of drug-likeness (QED) is 0.660. The number of nitrogens with one attached hydrogen (secondary N) is 2. The Bertz CT molecular complexity index is 1100. The Morgan fingerprint density at radius 1 is 1.22 bits per heavy atom. The van der Waals surface area contributed by atoms with E-state index in [1.807, 2.05) is 13.8 Å². The molecule has 1 aromatic heterocycles. The van der Waals surface area contributed by atoms with Gasteiger partial charge in [0.15, 0.2) is 0 Å². The van der Waals surface area contributed by atoms with E-state index < -0.39 is 17.8 Å². The van der Waals surface area contributed by atoms with Crippen molar-refractivity contribution in [3.8, 4) is 5.75 Å². The zero-order valence-electron chi connectivity index (χ0n) is 20.7. The maximum atomic E-state index is 14.0. The van der Waals surface area contributed by atoms with Gasteiger partial charge in [0.25, 0.3) is 5.91 Å². The molecular weight excluding hydrogens is 467 g/mol. The monoisotopic (exact) mass is 500 g/mol. The third kappa shape index (κ3) is 6.79. The van der Waals surface area contributed by atoms with Gasteiger partial charge in [-0.2, -0.15) is 0 Å². The molecular formula is C25H33FN6O4. The first-order chi connectivity index (χ1) is 17.3. The molecule has 2 N–H and O–H groups in total. The van der Waals surface area contributed by atoms with Crippen LogP contribution in [0.4, 0.5) is 4.39 Å². The normalized spacial score (nSPS) is 20.0. The zero-order chi connectivity index (χ0) is 25.7. The molecule has 1 aromatic carbocycles. The van der Waals surface area contributed by atoms with E-state index >= 15 is 0 Å². The molecule has 194 valence electrons. The summed E-state index contributed by atoms with van der Waals surface area (Å²) in [5.74, 6) is -1.04. The summed E-state index contributed by atoms with van der Waals surface area (Å²) in [6.07, 6.45) is 4.52. The lowest BCUT2D eigenvalue weighted by molar-refractivity contribution is -0.133. The fourth-order valence-corrected chi connectivity index (χ4v) is 4.16. The van der Waals surface area contributed by atoms with Crippen molar-refractivity contribution in [3.63, 3.8) is 0 Å². The Balaban J connectivity index is 1.56. The van der Waals surface area contributed by atoms with Gasteiger partial charge in [-0.15, -0.1) is 5.10 Å². The fraction of sp³-hybridized carbons (Fsp3) is 0.560. The highest BCUT2D eigenvalue weighted by Crippen LogP contribution is 2.31. The van der Waals surface area contributed by atoms with E-state index in [1.165, 1.54) is 12.1 Å². The van der Waals surface area contributed by atoms with E-state index in [9.17, 15) is 18.8 Å². The predicted molar refractivity (Wildman–Crippen MR) is 129 cm³/mol. The minimum absolute atomic E-state index is 0.0122. The third-order valence-electron chi connectivity index (χ3n) is 6.24. The predicted octanol–water partition coefficient (Wildman–Crippen LogP) is 1.55. The van der Waals surface area contributed by atoms with Gasteiger partial charge < -0.3 is 20.3 Å². The molecule has 1 aliphatic carbocycles. The van der Waals surface area contributed by atoms with Crippen molar-refractivity contribution in [2.45, 2.75) is 52.1 Å². The van der Waals surface area contributed by atoms with E-state index in [1.54, 1.807) is 15.8 Å². The molecule has 1 aliphatic heterocycles. The smallest absolute Gasteiger partial charge is 0.255 e. The number of hydrogen-bond acceptors (Lipinski definition) is 6. The Morgan fingerprint density at radius 3 is 2.78 bits per heavy atom. The molecule has 1 saturated carbocycles. The molecule has 10 nitrogen and oxygen atoms in total. The highest BCUT2D eigenvalue weighted by molar-refractivity contribution is 5.99. The first-order valence-electron chi connectivity index (χ1n) is 12.5. The number of aromatic nitrogens is 3. The van der Waals surface area contributed by atoms with Crippen LogP contribution in [0.5, 0.6) is 5.75 Å². The van der Waals surface area contributed by atoms with Crippen LogP contribution in [0.3, 0.4) is 0 Å². The van der Waals surface area contributed by atoms with Crippen molar-refractivity contribution in [1.29, 1.82) is 0 Å². The van der Waals surface area contributed by atoms with Gasteiger partial charge in [-0.25, -0.2) is 9.07 Å². The van der Waals surface area contributed by atoms with Crippen molar-refractivity contribution in [2.75, 3.05) is 26.2 Å². The number of halogens is 1. The first kappa shape index (κ1) is 25.6. The summed E-state index contributed by atoms with van der Waals surface area (Å²) < 4.78 is 21.4. The van der Waals surface area contributed by atoms with Gasteiger partial charge in [0, 0.05) is 38.2 Å². The molecule has 0 spiro atoms. The minimum Gasteiger partial charge on any atom is -0.491 e. The molecule has 0 unspecified atom stereocenters. The van der Waals surface area contributed by atoms with Crippen molar-refractivity contribution in [3.05, 3.63) is 41.5 Å². The van der Waals surface area contributed by atoms with Crippen molar-refractivity contribution in [2.24, 2.45) is 11.8 Å². The summed E-state index contributed by atoms with van der Waals surface area (Å²) >= 11 is 0. The lowest BCUT2D eigenvalue weighted by Crippen LogP contribution is -2.49. The van der Waals surface area contributed by atoms with Gasteiger partial charge in [-0.05, 0) is 43.4 Å². The summed E-state index contributed by atoms with van der Waals surface area (Å²) in [6.45, 7) is 5.54. The highest BCUT2D eigenvalue weighted by atomic mass is 19.1.